The molecule has 2 atom stereocenters. The number of nitrogens with two attached hydrogens (primary N) is 1. The predicted molar refractivity (Wildman–Crippen MR) is 103 cm³/mol. The van der Waals surface area contributed by atoms with Crippen LogP contribution >= 0.6 is 0 Å². The van der Waals surface area contributed by atoms with Gasteiger partial charge in [0.15, 0.2) is 0 Å². The average molecular weight is 373 g/mol. The molecule has 26 heavy (non-hydrogen) atoms. The van der Waals surface area contributed by atoms with E-state index >= 15 is 0 Å². The first-order valence-electron chi connectivity index (χ1n) is 8.43. The van der Waals surface area contributed by atoms with Gasteiger partial charge in [-0.15, -0.1) is 0 Å². The number of amides is 1. The predicted octanol–water partition coefficient (Wildman–Crippen LogP) is 1.93. The molecule has 7 heteroatoms. The maximum Gasteiger partial charge on any atom is 0.254 e. The van der Waals surface area contributed by atoms with Crippen molar-refractivity contribution in [2.24, 2.45) is 5.73 Å². The fourth-order valence-corrected chi connectivity index (χ4v) is 3.91. The van der Waals surface area contributed by atoms with Crippen LogP contribution in [0.15, 0.2) is 48.5 Å². The lowest BCUT2D eigenvalue weighted by atomic mass is 9.95. The third-order valence-electron chi connectivity index (χ3n) is 4.66. The summed E-state index contributed by atoms with van der Waals surface area (Å²) in [4.78, 5) is 14.6. The van der Waals surface area contributed by atoms with E-state index in [2.05, 4.69) is 4.72 Å². The Balaban J connectivity index is 1.81. The van der Waals surface area contributed by atoms with Crippen LogP contribution in [-0.4, -0.2) is 44.6 Å². The molecule has 3 N–H and O–H groups in total. The monoisotopic (exact) mass is 373 g/mol. The number of carbonyl (C=O) groups excluding carboxylic acids is 1. The maximum atomic E-state index is 12.9. The van der Waals surface area contributed by atoms with Gasteiger partial charge in [0.2, 0.25) is 10.0 Å². The minimum absolute atomic E-state index is 0.0965. The molecule has 0 saturated carbocycles. The molecule has 1 fully saturated rings. The Hall–Kier alpha value is -2.38. The van der Waals surface area contributed by atoms with Gasteiger partial charge in [-0.3, -0.25) is 9.52 Å². The highest BCUT2D eigenvalue weighted by Crippen LogP contribution is 2.28. The first-order valence-corrected chi connectivity index (χ1v) is 10.3. The molecule has 0 aromatic heterocycles. The van der Waals surface area contributed by atoms with Gasteiger partial charge in [0.25, 0.3) is 5.91 Å². The average Bonchev–Trinajstić information content (AvgIpc) is 2.97. The van der Waals surface area contributed by atoms with Crippen molar-refractivity contribution in [3.8, 4) is 0 Å². The first kappa shape index (κ1) is 18.4. The molecule has 2 aromatic carbocycles. The zero-order chi connectivity index (χ0) is 18.9. The third-order valence-corrected chi connectivity index (χ3v) is 5.25. The number of rotatable bonds is 4. The Morgan fingerprint density at radius 3 is 2.50 bits per heavy atom. The van der Waals surface area contributed by atoms with Gasteiger partial charge in [-0.05, 0) is 30.2 Å². The molecule has 0 unspecified atom stereocenters. The number of likely N-dealkylation sites (tertiary alicyclic amines) is 1. The largest absolute Gasteiger partial charge is 0.336 e. The number of carbonyl (C=O) groups is 1. The van der Waals surface area contributed by atoms with Crippen molar-refractivity contribution in [2.75, 3.05) is 24.1 Å². The van der Waals surface area contributed by atoms with Gasteiger partial charge < -0.3 is 10.6 Å². The second-order valence-corrected chi connectivity index (χ2v) is 8.54. The summed E-state index contributed by atoms with van der Waals surface area (Å²) in [6, 6.07) is 14.9. The lowest BCUT2D eigenvalue weighted by Gasteiger charge is -2.18. The standard InChI is InChI=1S/C19H23N3O3S/c1-13-8-9-15(10-18(13)21-26(2,24)25)19(23)22-11-16(17(20)12-22)14-6-4-3-5-7-14/h3-10,16-17,21H,11-12,20H2,1-2H3/t16-,17+/m0/s1. The van der Waals surface area contributed by atoms with Crippen LogP contribution in [0, 0.1) is 6.92 Å². The smallest absolute Gasteiger partial charge is 0.254 e. The van der Waals surface area contributed by atoms with Crippen LogP contribution in [0.3, 0.4) is 0 Å². The molecular weight excluding hydrogens is 350 g/mol. The molecule has 0 spiro atoms. The Bertz CT molecular complexity index is 913. The summed E-state index contributed by atoms with van der Waals surface area (Å²) in [5.41, 5.74) is 9.01. The molecule has 138 valence electrons. The van der Waals surface area contributed by atoms with E-state index in [1.807, 2.05) is 30.3 Å². The van der Waals surface area contributed by atoms with Crippen molar-refractivity contribution < 1.29 is 13.2 Å². The van der Waals surface area contributed by atoms with E-state index in [9.17, 15) is 13.2 Å². The first-order chi connectivity index (χ1) is 12.2. The Labute approximate surface area is 154 Å². The van der Waals surface area contributed by atoms with Crippen LogP contribution in [0.25, 0.3) is 0 Å². The molecule has 1 saturated heterocycles. The molecule has 6 nitrogen and oxygen atoms in total. The third kappa shape index (κ3) is 4.05. The Morgan fingerprint density at radius 2 is 1.85 bits per heavy atom. The van der Waals surface area contributed by atoms with Gasteiger partial charge in [0.05, 0.1) is 11.9 Å². The minimum atomic E-state index is -3.41. The molecule has 1 aliphatic heterocycles. The van der Waals surface area contributed by atoms with Crippen molar-refractivity contribution in [1.29, 1.82) is 0 Å². The lowest BCUT2D eigenvalue weighted by molar-refractivity contribution is 0.0789. The van der Waals surface area contributed by atoms with Crippen LogP contribution in [0.5, 0.6) is 0 Å². The molecule has 2 aromatic rings. The number of nitrogens with one attached hydrogen (secondary N) is 1. The van der Waals surface area contributed by atoms with Crippen LogP contribution in [-0.2, 0) is 10.0 Å². The number of benzene rings is 2. The SMILES string of the molecule is Cc1ccc(C(=O)N2C[C@@H](N)[C@H](c3ccccc3)C2)cc1NS(C)(=O)=O. The summed E-state index contributed by atoms with van der Waals surface area (Å²) in [5.74, 6) is -0.0466. The summed E-state index contributed by atoms with van der Waals surface area (Å²) >= 11 is 0. The second-order valence-electron chi connectivity index (χ2n) is 6.80. The highest BCUT2D eigenvalue weighted by Gasteiger charge is 2.34. The zero-order valence-corrected chi connectivity index (χ0v) is 15.7. The van der Waals surface area contributed by atoms with Crippen LogP contribution in [0.1, 0.15) is 27.4 Å². The van der Waals surface area contributed by atoms with Crippen molar-refractivity contribution in [2.45, 2.75) is 18.9 Å². The summed E-state index contributed by atoms with van der Waals surface area (Å²) in [5, 5.41) is 0. The number of hydrogen-bond donors (Lipinski definition) is 2. The fourth-order valence-electron chi connectivity index (χ4n) is 3.30. The normalized spacial score (nSPS) is 20.2. The van der Waals surface area contributed by atoms with E-state index in [1.165, 1.54) is 0 Å². The summed E-state index contributed by atoms with van der Waals surface area (Å²) < 4.78 is 25.5. The number of sulfonamides is 1. The molecule has 0 aliphatic carbocycles. The quantitative estimate of drug-likeness (QED) is 0.856. The van der Waals surface area contributed by atoms with E-state index in [0.29, 0.717) is 24.3 Å². The molecule has 0 bridgehead atoms. The van der Waals surface area contributed by atoms with Gasteiger partial charge in [-0.1, -0.05) is 36.4 Å². The van der Waals surface area contributed by atoms with E-state index in [-0.39, 0.29) is 17.9 Å². The van der Waals surface area contributed by atoms with Crippen molar-refractivity contribution in [3.63, 3.8) is 0 Å². The highest BCUT2D eigenvalue weighted by atomic mass is 32.2. The molecule has 1 heterocycles. The van der Waals surface area contributed by atoms with Crippen LogP contribution in [0.2, 0.25) is 0 Å². The molecule has 3 rings (SSSR count). The number of hydrogen-bond acceptors (Lipinski definition) is 4. The minimum Gasteiger partial charge on any atom is -0.336 e. The van der Waals surface area contributed by atoms with Gasteiger partial charge >= 0.3 is 0 Å². The lowest BCUT2D eigenvalue weighted by Crippen LogP contribution is -2.32. The van der Waals surface area contributed by atoms with Gasteiger partial charge in [0.1, 0.15) is 0 Å². The maximum absolute atomic E-state index is 12.9. The van der Waals surface area contributed by atoms with E-state index in [4.69, 9.17) is 5.73 Å². The highest BCUT2D eigenvalue weighted by molar-refractivity contribution is 7.92. The fraction of sp³-hybridized carbons (Fsp3) is 0.316. The second kappa shape index (κ2) is 7.09. The summed E-state index contributed by atoms with van der Waals surface area (Å²) in [6.07, 6.45) is 1.09. The zero-order valence-electron chi connectivity index (χ0n) is 14.8. The molecule has 1 aliphatic rings. The molecule has 1 amide bonds. The summed E-state index contributed by atoms with van der Waals surface area (Å²) in [6.45, 7) is 2.81. The Kier molecular flexibility index (Phi) is 5.02. The van der Waals surface area contributed by atoms with Crippen molar-refractivity contribution >= 4 is 21.6 Å². The van der Waals surface area contributed by atoms with Gasteiger partial charge in [-0.2, -0.15) is 0 Å². The van der Waals surface area contributed by atoms with Crippen LogP contribution in [0.4, 0.5) is 5.69 Å². The van der Waals surface area contributed by atoms with Gasteiger partial charge in [0, 0.05) is 30.6 Å². The van der Waals surface area contributed by atoms with E-state index in [0.717, 1.165) is 17.4 Å². The molecular formula is C19H23N3O3S. The number of nitrogens with zero attached hydrogens (tertiary/aromatic N) is 1. The van der Waals surface area contributed by atoms with Crippen molar-refractivity contribution in [3.05, 3.63) is 65.2 Å². The number of aryl methyl sites for hydroxylation is 1. The topological polar surface area (TPSA) is 92.5 Å². The van der Waals surface area contributed by atoms with Gasteiger partial charge in [-0.25, -0.2) is 8.42 Å². The molecule has 0 radical (unpaired) electrons. The summed E-state index contributed by atoms with van der Waals surface area (Å²) in [7, 11) is -3.41. The van der Waals surface area contributed by atoms with Crippen molar-refractivity contribution in [1.82, 2.24) is 4.90 Å². The van der Waals surface area contributed by atoms with E-state index in [1.54, 1.807) is 30.0 Å². The van der Waals surface area contributed by atoms with E-state index < -0.39 is 10.0 Å². The van der Waals surface area contributed by atoms with Crippen LogP contribution < -0.4 is 10.5 Å². The number of anilines is 1. The Morgan fingerprint density at radius 1 is 1.15 bits per heavy atom.